The highest BCUT2D eigenvalue weighted by Crippen LogP contribution is 2.27. The van der Waals surface area contributed by atoms with Gasteiger partial charge in [0.25, 0.3) is 0 Å². The van der Waals surface area contributed by atoms with Crippen LogP contribution in [0, 0.1) is 5.82 Å². The van der Waals surface area contributed by atoms with Gasteiger partial charge in [-0.2, -0.15) is 4.68 Å². The number of hydrogen-bond acceptors (Lipinski definition) is 6. The molecular weight excluding hydrogens is 445 g/mol. The molecule has 0 unspecified atom stereocenters. The van der Waals surface area contributed by atoms with Gasteiger partial charge in [-0.3, -0.25) is 4.79 Å². The quantitative estimate of drug-likeness (QED) is 0.411. The molecule has 2 aromatic carbocycles. The first kappa shape index (κ1) is 20.5. The summed E-state index contributed by atoms with van der Waals surface area (Å²) in [7, 11) is 0. The zero-order valence-corrected chi connectivity index (χ0v) is 17.8. The van der Waals surface area contributed by atoms with Crippen molar-refractivity contribution in [3.8, 4) is 5.69 Å². The van der Waals surface area contributed by atoms with E-state index in [0.717, 1.165) is 10.4 Å². The van der Waals surface area contributed by atoms with Crippen LogP contribution in [-0.4, -0.2) is 31.9 Å². The molecular formula is C20H15ClFN5OS2. The zero-order chi connectivity index (χ0) is 20.9. The summed E-state index contributed by atoms with van der Waals surface area (Å²) in [6.07, 6.45) is 0. The van der Waals surface area contributed by atoms with Gasteiger partial charge in [0.15, 0.2) is 0 Å². The third-order valence-corrected chi connectivity index (χ3v) is 6.25. The molecule has 4 aromatic rings. The number of thioether (sulfide) groups is 1. The predicted molar refractivity (Wildman–Crippen MR) is 116 cm³/mol. The lowest BCUT2D eigenvalue weighted by Crippen LogP contribution is -2.30. The molecule has 0 bridgehead atoms. The number of aromatic nitrogens is 4. The minimum Gasteiger partial charge on any atom is -0.344 e. The summed E-state index contributed by atoms with van der Waals surface area (Å²) in [6, 6.07) is 16.7. The van der Waals surface area contributed by atoms with Crippen LogP contribution in [0.5, 0.6) is 0 Å². The van der Waals surface area contributed by atoms with Gasteiger partial charge >= 0.3 is 0 Å². The molecule has 2 heterocycles. The molecule has 0 saturated heterocycles. The van der Waals surface area contributed by atoms with E-state index < -0.39 is 0 Å². The van der Waals surface area contributed by atoms with E-state index in [1.807, 2.05) is 23.6 Å². The smallest absolute Gasteiger partial charge is 0.231 e. The van der Waals surface area contributed by atoms with Crippen LogP contribution in [0.4, 0.5) is 4.39 Å². The molecule has 1 N–H and O–H groups in total. The number of benzene rings is 2. The van der Waals surface area contributed by atoms with Gasteiger partial charge in [0.1, 0.15) is 5.82 Å². The number of rotatable bonds is 7. The highest BCUT2D eigenvalue weighted by Gasteiger charge is 2.19. The van der Waals surface area contributed by atoms with Gasteiger partial charge in [0.2, 0.25) is 11.1 Å². The third kappa shape index (κ3) is 4.86. The summed E-state index contributed by atoms with van der Waals surface area (Å²) in [5.41, 5.74) is 1.51. The Bertz CT molecular complexity index is 1130. The molecule has 0 spiro atoms. The number of hydrogen-bond donors (Lipinski definition) is 1. The van der Waals surface area contributed by atoms with Gasteiger partial charge in [0, 0.05) is 9.90 Å². The molecule has 2 aromatic heterocycles. The van der Waals surface area contributed by atoms with Crippen LogP contribution in [0.2, 0.25) is 5.02 Å². The molecule has 10 heteroatoms. The Morgan fingerprint density at radius 1 is 1.20 bits per heavy atom. The van der Waals surface area contributed by atoms with Crippen LogP contribution < -0.4 is 5.32 Å². The van der Waals surface area contributed by atoms with E-state index in [9.17, 15) is 9.18 Å². The number of halogens is 2. The van der Waals surface area contributed by atoms with Crippen LogP contribution in [0.3, 0.4) is 0 Å². The number of amides is 1. The van der Waals surface area contributed by atoms with E-state index in [-0.39, 0.29) is 23.5 Å². The molecule has 1 amide bonds. The van der Waals surface area contributed by atoms with Crippen LogP contribution in [0.15, 0.2) is 71.2 Å². The maximum atomic E-state index is 13.3. The van der Waals surface area contributed by atoms with Crippen molar-refractivity contribution in [1.82, 2.24) is 25.5 Å². The Balaban J connectivity index is 1.46. The van der Waals surface area contributed by atoms with Crippen molar-refractivity contribution in [3.63, 3.8) is 0 Å². The average Bonchev–Trinajstić information content (AvgIpc) is 3.43. The molecule has 0 aliphatic heterocycles. The summed E-state index contributed by atoms with van der Waals surface area (Å²) in [5, 5.41) is 17.7. The van der Waals surface area contributed by atoms with E-state index in [2.05, 4.69) is 20.8 Å². The van der Waals surface area contributed by atoms with E-state index >= 15 is 0 Å². The summed E-state index contributed by atoms with van der Waals surface area (Å²) in [6.45, 7) is 0. The fourth-order valence-corrected chi connectivity index (χ4v) is 4.49. The number of thiophene rings is 1. The number of nitrogens with zero attached hydrogens (tertiary/aromatic N) is 4. The van der Waals surface area contributed by atoms with E-state index in [1.165, 1.54) is 39.9 Å². The van der Waals surface area contributed by atoms with Crippen molar-refractivity contribution in [2.45, 2.75) is 11.2 Å². The number of carbonyl (C=O) groups is 1. The van der Waals surface area contributed by atoms with Gasteiger partial charge < -0.3 is 5.32 Å². The molecule has 4 rings (SSSR count). The molecule has 6 nitrogen and oxygen atoms in total. The van der Waals surface area contributed by atoms with Crippen LogP contribution in [0.25, 0.3) is 5.69 Å². The second-order valence-corrected chi connectivity index (χ2v) is 8.57. The highest BCUT2D eigenvalue weighted by molar-refractivity contribution is 7.99. The Morgan fingerprint density at radius 2 is 2.03 bits per heavy atom. The van der Waals surface area contributed by atoms with Crippen LogP contribution in [0.1, 0.15) is 16.5 Å². The minimum atomic E-state index is -0.359. The summed E-state index contributed by atoms with van der Waals surface area (Å²) in [5.74, 6) is -0.397. The largest absolute Gasteiger partial charge is 0.344 e. The first-order chi connectivity index (χ1) is 14.6. The topological polar surface area (TPSA) is 72.7 Å². The molecule has 152 valence electrons. The molecule has 0 aliphatic rings. The molecule has 1 atom stereocenters. The fraction of sp³-hybridized carbons (Fsp3) is 0.100. The van der Waals surface area contributed by atoms with Gasteiger partial charge in [-0.05, 0) is 57.8 Å². The Kier molecular flexibility index (Phi) is 6.41. The lowest BCUT2D eigenvalue weighted by Gasteiger charge is -2.18. The molecule has 30 heavy (non-hydrogen) atoms. The van der Waals surface area contributed by atoms with Gasteiger partial charge in [-0.1, -0.05) is 47.6 Å². The lowest BCUT2D eigenvalue weighted by atomic mass is 10.1. The van der Waals surface area contributed by atoms with Crippen molar-refractivity contribution in [3.05, 3.63) is 87.3 Å². The standard InChI is InChI=1S/C20H15ClFN5OS2/c21-14-3-1-4-16(11-14)27-20(24-25-26-27)30-12-18(28)23-19(17-5-2-10-29-17)13-6-8-15(22)9-7-13/h1-11,19H,12H2,(H,23,28)/t19-/m1/s1. The maximum absolute atomic E-state index is 13.3. The summed E-state index contributed by atoms with van der Waals surface area (Å²) < 4.78 is 14.8. The second-order valence-electron chi connectivity index (χ2n) is 6.21. The molecule has 0 fully saturated rings. The zero-order valence-electron chi connectivity index (χ0n) is 15.4. The number of tetrazole rings is 1. The van der Waals surface area contributed by atoms with Crippen molar-refractivity contribution in [2.24, 2.45) is 0 Å². The van der Waals surface area contributed by atoms with Crippen molar-refractivity contribution < 1.29 is 9.18 Å². The van der Waals surface area contributed by atoms with E-state index in [1.54, 1.807) is 30.3 Å². The van der Waals surface area contributed by atoms with Crippen molar-refractivity contribution in [1.29, 1.82) is 0 Å². The SMILES string of the molecule is O=C(CSc1nnnn1-c1cccc(Cl)c1)N[C@H](c1ccc(F)cc1)c1cccs1. The first-order valence-electron chi connectivity index (χ1n) is 8.85. The molecule has 0 saturated carbocycles. The van der Waals surface area contributed by atoms with Crippen molar-refractivity contribution in [2.75, 3.05) is 5.75 Å². The number of carbonyl (C=O) groups excluding carboxylic acids is 1. The van der Waals surface area contributed by atoms with E-state index in [0.29, 0.717) is 15.9 Å². The highest BCUT2D eigenvalue weighted by atomic mass is 35.5. The fourth-order valence-electron chi connectivity index (χ4n) is 2.80. The average molecular weight is 460 g/mol. The first-order valence-corrected chi connectivity index (χ1v) is 11.1. The van der Waals surface area contributed by atoms with Crippen LogP contribution >= 0.6 is 34.7 Å². The summed E-state index contributed by atoms with van der Waals surface area (Å²) in [4.78, 5) is 13.6. The van der Waals surface area contributed by atoms with Gasteiger partial charge in [-0.15, -0.1) is 16.4 Å². The predicted octanol–water partition coefficient (Wildman–Crippen LogP) is 4.51. The van der Waals surface area contributed by atoms with E-state index in [4.69, 9.17) is 11.6 Å². The Labute approximate surface area is 185 Å². The Morgan fingerprint density at radius 3 is 2.77 bits per heavy atom. The van der Waals surface area contributed by atoms with Crippen molar-refractivity contribution >= 4 is 40.6 Å². The molecule has 0 aliphatic carbocycles. The third-order valence-electron chi connectivity index (χ3n) is 4.16. The molecule has 0 radical (unpaired) electrons. The Hall–Kier alpha value is -2.75. The monoisotopic (exact) mass is 459 g/mol. The van der Waals surface area contributed by atoms with Gasteiger partial charge in [-0.25, -0.2) is 4.39 Å². The minimum absolute atomic E-state index is 0.115. The number of nitrogens with one attached hydrogen (secondary N) is 1. The second kappa shape index (κ2) is 9.38. The lowest BCUT2D eigenvalue weighted by molar-refractivity contribution is -0.119. The summed E-state index contributed by atoms with van der Waals surface area (Å²) >= 11 is 8.78. The van der Waals surface area contributed by atoms with Gasteiger partial charge in [0.05, 0.1) is 17.5 Å². The van der Waals surface area contributed by atoms with Crippen LogP contribution in [-0.2, 0) is 4.79 Å². The normalized spacial score (nSPS) is 11.9. The maximum Gasteiger partial charge on any atom is 0.231 e.